The third-order valence-electron chi connectivity index (χ3n) is 5.73. The first-order valence-electron chi connectivity index (χ1n) is 10.4. The lowest BCUT2D eigenvalue weighted by molar-refractivity contribution is -0.123. The smallest absolute Gasteiger partial charge is 0.244 e. The maximum atomic E-state index is 13.3. The minimum Gasteiger partial charge on any atom is -0.347 e. The average Bonchev–Trinajstić information content (AvgIpc) is 2.67. The third-order valence-corrected chi connectivity index (χ3v) is 6.91. The molecule has 0 aromatic heterocycles. The van der Waals surface area contributed by atoms with Crippen molar-refractivity contribution in [3.63, 3.8) is 0 Å². The number of nitrogens with one attached hydrogen (secondary N) is 1. The number of carbonyl (C=O) groups excluding carboxylic acids is 1. The van der Waals surface area contributed by atoms with Crippen molar-refractivity contribution in [2.45, 2.75) is 66.5 Å². The molecule has 6 heteroatoms. The van der Waals surface area contributed by atoms with Gasteiger partial charge in [-0.3, -0.25) is 9.10 Å². The van der Waals surface area contributed by atoms with Crippen LogP contribution in [0.15, 0.2) is 36.4 Å². The van der Waals surface area contributed by atoms with Gasteiger partial charge < -0.3 is 5.32 Å². The Labute approximate surface area is 181 Å². The predicted molar refractivity (Wildman–Crippen MR) is 124 cm³/mol. The Kier molecular flexibility index (Phi) is 7.70. The second-order valence-electron chi connectivity index (χ2n) is 8.06. The van der Waals surface area contributed by atoms with Crippen LogP contribution in [-0.4, -0.2) is 26.6 Å². The molecule has 164 valence electrons. The van der Waals surface area contributed by atoms with Crippen molar-refractivity contribution in [1.82, 2.24) is 5.32 Å². The van der Waals surface area contributed by atoms with E-state index in [1.54, 1.807) is 6.07 Å². The van der Waals surface area contributed by atoms with Crippen LogP contribution < -0.4 is 9.62 Å². The summed E-state index contributed by atoms with van der Waals surface area (Å²) in [5, 5.41) is 3.08. The number of sulfonamides is 1. The van der Waals surface area contributed by atoms with E-state index in [9.17, 15) is 13.2 Å². The molecule has 2 rings (SSSR count). The summed E-state index contributed by atoms with van der Waals surface area (Å²) >= 11 is 0. The van der Waals surface area contributed by atoms with E-state index in [4.69, 9.17) is 0 Å². The Morgan fingerprint density at radius 1 is 0.900 bits per heavy atom. The molecule has 0 saturated heterocycles. The summed E-state index contributed by atoms with van der Waals surface area (Å²) in [6, 6.07) is 10.6. The predicted octanol–water partition coefficient (Wildman–Crippen LogP) is 4.73. The number of nitrogens with zero attached hydrogens (tertiary/aromatic N) is 1. The normalized spacial score (nSPS) is 13.6. The largest absolute Gasteiger partial charge is 0.347 e. The number of benzene rings is 2. The first kappa shape index (κ1) is 23.9. The molecule has 0 unspecified atom stereocenters. The Bertz CT molecular complexity index is 1020. The van der Waals surface area contributed by atoms with Crippen molar-refractivity contribution in [3.05, 3.63) is 64.2 Å². The van der Waals surface area contributed by atoms with Crippen LogP contribution in [0.3, 0.4) is 0 Å². The molecule has 5 nitrogen and oxygen atoms in total. The first-order chi connectivity index (χ1) is 14.0. The Morgan fingerprint density at radius 2 is 1.47 bits per heavy atom. The van der Waals surface area contributed by atoms with Gasteiger partial charge in [0.15, 0.2) is 0 Å². The Balaban J connectivity index is 2.39. The highest BCUT2D eigenvalue weighted by Gasteiger charge is 2.32. The summed E-state index contributed by atoms with van der Waals surface area (Å²) in [5.74, 6) is -0.286. The Morgan fingerprint density at radius 3 is 1.93 bits per heavy atom. The number of hydrogen-bond acceptors (Lipinski definition) is 3. The van der Waals surface area contributed by atoms with Crippen LogP contribution in [0.5, 0.6) is 0 Å². The average molecular weight is 431 g/mol. The van der Waals surface area contributed by atoms with E-state index in [0.29, 0.717) is 18.5 Å². The molecule has 2 aromatic rings. The summed E-state index contributed by atoms with van der Waals surface area (Å²) in [6.45, 7) is 11.9. The van der Waals surface area contributed by atoms with Crippen LogP contribution in [0.4, 0.5) is 5.69 Å². The quantitative estimate of drug-likeness (QED) is 0.658. The summed E-state index contributed by atoms with van der Waals surface area (Å²) in [7, 11) is -3.65. The van der Waals surface area contributed by atoms with E-state index in [1.807, 2.05) is 52.8 Å². The van der Waals surface area contributed by atoms with Gasteiger partial charge >= 0.3 is 0 Å². The highest BCUT2D eigenvalue weighted by Crippen LogP contribution is 2.26. The molecule has 1 amide bonds. The van der Waals surface area contributed by atoms with Gasteiger partial charge in [0, 0.05) is 0 Å². The van der Waals surface area contributed by atoms with E-state index in [0.717, 1.165) is 22.9 Å². The molecule has 0 aliphatic carbocycles. The van der Waals surface area contributed by atoms with E-state index in [-0.39, 0.29) is 11.9 Å². The van der Waals surface area contributed by atoms with Gasteiger partial charge in [-0.1, -0.05) is 38.1 Å². The molecule has 0 saturated carbocycles. The number of rotatable bonds is 8. The van der Waals surface area contributed by atoms with Crippen molar-refractivity contribution in [1.29, 1.82) is 0 Å². The van der Waals surface area contributed by atoms with Crippen molar-refractivity contribution < 1.29 is 13.2 Å². The molecule has 0 bridgehead atoms. The fraction of sp³-hybridized carbons (Fsp3) is 0.458. The molecule has 0 spiro atoms. The highest BCUT2D eigenvalue weighted by atomic mass is 32.2. The standard InChI is InChI=1S/C24H34N2O3S/c1-8-22(20-12-10-16(3)18(5)14-20)25-24(27)23(9-2)26(30(7,28)29)21-13-11-17(4)19(6)15-21/h10-15,22-23H,8-9H2,1-7H3,(H,25,27)/t22-,23-/m1/s1. The third kappa shape index (κ3) is 5.42. The van der Waals surface area contributed by atoms with Crippen molar-refractivity contribution in [2.75, 3.05) is 10.6 Å². The molecule has 2 atom stereocenters. The van der Waals surface area contributed by atoms with Gasteiger partial charge in [0.2, 0.25) is 15.9 Å². The monoisotopic (exact) mass is 430 g/mol. The van der Waals surface area contributed by atoms with Crippen LogP contribution >= 0.6 is 0 Å². The fourth-order valence-corrected chi connectivity index (χ4v) is 4.80. The van der Waals surface area contributed by atoms with Crippen LogP contribution in [0, 0.1) is 27.7 Å². The number of anilines is 1. The van der Waals surface area contributed by atoms with Crippen LogP contribution in [0.2, 0.25) is 0 Å². The molecular weight excluding hydrogens is 396 g/mol. The molecule has 0 radical (unpaired) electrons. The molecule has 0 heterocycles. The molecular formula is C24H34N2O3S. The van der Waals surface area contributed by atoms with Gasteiger partial charge in [0.1, 0.15) is 6.04 Å². The van der Waals surface area contributed by atoms with Crippen LogP contribution in [0.25, 0.3) is 0 Å². The fourth-order valence-electron chi connectivity index (χ4n) is 3.59. The van der Waals surface area contributed by atoms with Gasteiger partial charge in [-0.25, -0.2) is 8.42 Å². The molecule has 30 heavy (non-hydrogen) atoms. The maximum Gasteiger partial charge on any atom is 0.244 e. The second-order valence-corrected chi connectivity index (χ2v) is 9.92. The van der Waals surface area contributed by atoms with Gasteiger partial charge in [0.25, 0.3) is 0 Å². The van der Waals surface area contributed by atoms with Crippen LogP contribution in [0.1, 0.15) is 60.5 Å². The number of hydrogen-bond donors (Lipinski definition) is 1. The lowest BCUT2D eigenvalue weighted by Crippen LogP contribution is -2.50. The molecule has 1 N–H and O–H groups in total. The van der Waals surface area contributed by atoms with Crippen LogP contribution in [-0.2, 0) is 14.8 Å². The molecule has 0 aliphatic rings. The zero-order valence-electron chi connectivity index (χ0n) is 19.1. The highest BCUT2D eigenvalue weighted by molar-refractivity contribution is 7.92. The van der Waals surface area contributed by atoms with Gasteiger partial charge in [-0.05, 0) is 80.5 Å². The van der Waals surface area contributed by atoms with E-state index >= 15 is 0 Å². The second kappa shape index (κ2) is 9.65. The number of carbonyl (C=O) groups is 1. The number of aryl methyl sites for hydroxylation is 4. The molecule has 2 aromatic carbocycles. The van der Waals surface area contributed by atoms with Gasteiger partial charge in [-0.2, -0.15) is 0 Å². The number of amides is 1. The lowest BCUT2D eigenvalue weighted by atomic mass is 9.99. The minimum atomic E-state index is -3.65. The van der Waals surface area contributed by atoms with Crippen molar-refractivity contribution >= 4 is 21.6 Å². The Hall–Kier alpha value is -2.34. The molecule has 0 aliphatic heterocycles. The van der Waals surface area contributed by atoms with Gasteiger partial charge in [-0.15, -0.1) is 0 Å². The molecule has 0 fully saturated rings. The summed E-state index contributed by atoms with van der Waals surface area (Å²) in [4.78, 5) is 13.3. The SMILES string of the molecule is CC[C@H](C(=O)N[C@H](CC)c1ccc(C)c(C)c1)N(c1ccc(C)c(C)c1)S(C)(=O)=O. The van der Waals surface area contributed by atoms with Crippen molar-refractivity contribution in [2.24, 2.45) is 0 Å². The van der Waals surface area contributed by atoms with E-state index in [1.165, 1.54) is 15.4 Å². The zero-order valence-corrected chi connectivity index (χ0v) is 19.9. The maximum absolute atomic E-state index is 13.3. The minimum absolute atomic E-state index is 0.174. The van der Waals surface area contributed by atoms with E-state index in [2.05, 4.69) is 24.4 Å². The van der Waals surface area contributed by atoms with Crippen molar-refractivity contribution in [3.8, 4) is 0 Å². The van der Waals surface area contributed by atoms with Gasteiger partial charge in [0.05, 0.1) is 18.0 Å². The van der Waals surface area contributed by atoms with E-state index < -0.39 is 16.1 Å². The summed E-state index contributed by atoms with van der Waals surface area (Å²) < 4.78 is 26.6. The lowest BCUT2D eigenvalue weighted by Gasteiger charge is -2.32. The zero-order chi connectivity index (χ0) is 22.6. The first-order valence-corrected chi connectivity index (χ1v) is 12.3. The summed E-state index contributed by atoms with van der Waals surface area (Å²) in [6.07, 6.45) is 2.24. The topological polar surface area (TPSA) is 66.5 Å². The summed E-state index contributed by atoms with van der Waals surface area (Å²) in [5.41, 5.74) is 5.97.